The number of nitrogens with one attached hydrogen (secondary N) is 1. The van der Waals surface area contributed by atoms with Crippen molar-refractivity contribution in [1.29, 1.82) is 0 Å². The van der Waals surface area contributed by atoms with Gasteiger partial charge >= 0.3 is 6.03 Å². The van der Waals surface area contributed by atoms with E-state index in [1.165, 1.54) is 0 Å². The van der Waals surface area contributed by atoms with Gasteiger partial charge < -0.3 is 16.0 Å². The fourth-order valence-electron chi connectivity index (χ4n) is 1.50. The Morgan fingerprint density at radius 3 is 2.62 bits per heavy atom. The number of hydrogen-bond acceptors (Lipinski definition) is 2. The molecule has 2 amide bonds. The lowest BCUT2D eigenvalue weighted by Gasteiger charge is -2.15. The third-order valence-electron chi connectivity index (χ3n) is 2.30. The molecule has 1 rings (SSSR count). The first-order chi connectivity index (χ1) is 6.34. The van der Waals surface area contributed by atoms with Gasteiger partial charge in [-0.2, -0.15) is 0 Å². The highest BCUT2D eigenvalue weighted by atomic mass is 16.2. The molecule has 76 valence electrons. The average molecular weight is 185 g/mol. The topological polar surface area (TPSA) is 58.4 Å². The molecule has 1 heterocycles. The van der Waals surface area contributed by atoms with Gasteiger partial charge in [-0.3, -0.25) is 0 Å². The van der Waals surface area contributed by atoms with Crippen molar-refractivity contribution >= 4 is 6.03 Å². The number of likely N-dealkylation sites (tertiary alicyclic amines) is 1. The molecule has 0 atom stereocenters. The normalized spacial score (nSPS) is 16.2. The molecule has 1 saturated heterocycles. The van der Waals surface area contributed by atoms with Gasteiger partial charge in [0.15, 0.2) is 0 Å². The van der Waals surface area contributed by atoms with E-state index in [0.717, 1.165) is 45.3 Å². The fraction of sp³-hybridized carbons (Fsp3) is 0.889. The highest BCUT2D eigenvalue weighted by Crippen LogP contribution is 2.06. The molecule has 0 radical (unpaired) electrons. The number of amides is 2. The van der Waals surface area contributed by atoms with Crippen molar-refractivity contribution < 1.29 is 4.79 Å². The molecule has 0 aliphatic carbocycles. The van der Waals surface area contributed by atoms with E-state index >= 15 is 0 Å². The molecule has 1 fully saturated rings. The second-order valence-electron chi connectivity index (χ2n) is 3.42. The number of carbonyl (C=O) groups is 1. The summed E-state index contributed by atoms with van der Waals surface area (Å²) in [6.45, 7) is 3.30. The molecule has 0 saturated carbocycles. The maximum absolute atomic E-state index is 11.4. The van der Waals surface area contributed by atoms with Gasteiger partial charge in [-0.05, 0) is 32.2 Å². The van der Waals surface area contributed by atoms with Crippen LogP contribution in [0.5, 0.6) is 0 Å². The maximum atomic E-state index is 11.4. The predicted octanol–water partition coefficient (Wildman–Crippen LogP) is 0.531. The second-order valence-corrected chi connectivity index (χ2v) is 3.42. The van der Waals surface area contributed by atoms with E-state index in [9.17, 15) is 4.79 Å². The summed E-state index contributed by atoms with van der Waals surface area (Å²) in [6, 6.07) is 0.0921. The van der Waals surface area contributed by atoms with Crippen LogP contribution in [0.3, 0.4) is 0 Å². The standard InChI is InChI=1S/C9H19N3O/c10-5-1-2-6-11-9(13)12-7-3-4-8-12/h1-8,10H2,(H,11,13). The van der Waals surface area contributed by atoms with E-state index in [2.05, 4.69) is 5.32 Å². The average Bonchev–Trinajstić information content (AvgIpc) is 2.65. The van der Waals surface area contributed by atoms with E-state index in [0.29, 0.717) is 6.54 Å². The van der Waals surface area contributed by atoms with Gasteiger partial charge in [0.1, 0.15) is 0 Å². The third-order valence-corrected chi connectivity index (χ3v) is 2.30. The predicted molar refractivity (Wildman–Crippen MR) is 52.5 cm³/mol. The summed E-state index contributed by atoms with van der Waals surface area (Å²) in [5, 5.41) is 2.89. The number of rotatable bonds is 4. The Kier molecular flexibility index (Phi) is 4.60. The van der Waals surface area contributed by atoms with Gasteiger partial charge in [0.2, 0.25) is 0 Å². The minimum absolute atomic E-state index is 0.0921. The molecular weight excluding hydrogens is 166 g/mol. The van der Waals surface area contributed by atoms with Crippen LogP contribution in [0, 0.1) is 0 Å². The van der Waals surface area contributed by atoms with Crippen molar-refractivity contribution in [1.82, 2.24) is 10.2 Å². The molecule has 0 aromatic heterocycles. The number of nitrogens with two attached hydrogens (primary N) is 1. The maximum Gasteiger partial charge on any atom is 0.317 e. The van der Waals surface area contributed by atoms with Crippen LogP contribution in [-0.2, 0) is 0 Å². The lowest BCUT2D eigenvalue weighted by atomic mass is 10.3. The molecular formula is C9H19N3O. The Morgan fingerprint density at radius 2 is 2.00 bits per heavy atom. The zero-order valence-electron chi connectivity index (χ0n) is 8.09. The summed E-state index contributed by atoms with van der Waals surface area (Å²) in [7, 11) is 0. The molecule has 1 aliphatic rings. The molecule has 0 unspecified atom stereocenters. The van der Waals surface area contributed by atoms with Crippen LogP contribution in [0.15, 0.2) is 0 Å². The lowest BCUT2D eigenvalue weighted by Crippen LogP contribution is -2.38. The van der Waals surface area contributed by atoms with Crippen LogP contribution in [-0.4, -0.2) is 37.1 Å². The molecule has 1 aliphatic heterocycles. The summed E-state index contributed by atoms with van der Waals surface area (Å²) in [5.41, 5.74) is 5.34. The van der Waals surface area contributed by atoms with Crippen molar-refractivity contribution in [2.24, 2.45) is 5.73 Å². The van der Waals surface area contributed by atoms with E-state index < -0.39 is 0 Å². The summed E-state index contributed by atoms with van der Waals surface area (Å²) in [5.74, 6) is 0. The highest BCUT2D eigenvalue weighted by Gasteiger charge is 2.16. The molecule has 4 heteroatoms. The fourth-order valence-corrected chi connectivity index (χ4v) is 1.50. The van der Waals surface area contributed by atoms with E-state index in [1.54, 1.807) is 0 Å². The smallest absolute Gasteiger partial charge is 0.317 e. The highest BCUT2D eigenvalue weighted by molar-refractivity contribution is 5.74. The third kappa shape index (κ3) is 3.63. The van der Waals surface area contributed by atoms with E-state index in [4.69, 9.17) is 5.73 Å². The number of urea groups is 1. The zero-order chi connectivity index (χ0) is 9.52. The summed E-state index contributed by atoms with van der Waals surface area (Å²) >= 11 is 0. The SMILES string of the molecule is NCCCCNC(=O)N1CCCC1. The van der Waals surface area contributed by atoms with Crippen molar-refractivity contribution in [3.8, 4) is 0 Å². The van der Waals surface area contributed by atoms with Crippen LogP contribution in [0.25, 0.3) is 0 Å². The number of carbonyl (C=O) groups excluding carboxylic acids is 1. The minimum Gasteiger partial charge on any atom is -0.338 e. The Balaban J connectivity index is 2.03. The molecule has 3 N–H and O–H groups in total. The quantitative estimate of drug-likeness (QED) is 0.628. The van der Waals surface area contributed by atoms with Gasteiger partial charge in [-0.25, -0.2) is 4.79 Å². The number of nitrogens with zero attached hydrogens (tertiary/aromatic N) is 1. The van der Waals surface area contributed by atoms with Crippen LogP contribution in [0.4, 0.5) is 4.79 Å². The van der Waals surface area contributed by atoms with Crippen LogP contribution >= 0.6 is 0 Å². The van der Waals surface area contributed by atoms with Crippen molar-refractivity contribution in [2.75, 3.05) is 26.2 Å². The van der Waals surface area contributed by atoms with Crippen molar-refractivity contribution in [3.63, 3.8) is 0 Å². The first-order valence-corrected chi connectivity index (χ1v) is 5.07. The largest absolute Gasteiger partial charge is 0.338 e. The molecule has 13 heavy (non-hydrogen) atoms. The van der Waals surface area contributed by atoms with Crippen LogP contribution < -0.4 is 11.1 Å². The van der Waals surface area contributed by atoms with Crippen LogP contribution in [0.1, 0.15) is 25.7 Å². The molecule has 0 bridgehead atoms. The van der Waals surface area contributed by atoms with Crippen molar-refractivity contribution in [2.45, 2.75) is 25.7 Å². The summed E-state index contributed by atoms with van der Waals surface area (Å²) < 4.78 is 0. The Bertz CT molecular complexity index is 155. The molecule has 0 spiro atoms. The first-order valence-electron chi connectivity index (χ1n) is 5.07. The molecule has 0 aromatic carbocycles. The molecule has 0 aromatic rings. The Labute approximate surface area is 79.5 Å². The number of unbranched alkanes of at least 4 members (excludes halogenated alkanes) is 1. The summed E-state index contributed by atoms with van der Waals surface area (Å²) in [4.78, 5) is 13.3. The Hall–Kier alpha value is -0.770. The number of hydrogen-bond donors (Lipinski definition) is 2. The second kappa shape index (κ2) is 5.80. The van der Waals surface area contributed by atoms with Gasteiger partial charge in [-0.1, -0.05) is 0 Å². The first kappa shape index (κ1) is 10.3. The van der Waals surface area contributed by atoms with E-state index in [1.807, 2.05) is 4.90 Å². The van der Waals surface area contributed by atoms with Crippen molar-refractivity contribution in [3.05, 3.63) is 0 Å². The lowest BCUT2D eigenvalue weighted by molar-refractivity contribution is 0.208. The van der Waals surface area contributed by atoms with Crippen LogP contribution in [0.2, 0.25) is 0 Å². The van der Waals surface area contributed by atoms with Gasteiger partial charge in [0.05, 0.1) is 0 Å². The molecule has 4 nitrogen and oxygen atoms in total. The van der Waals surface area contributed by atoms with Gasteiger partial charge in [0.25, 0.3) is 0 Å². The minimum atomic E-state index is 0.0921. The Morgan fingerprint density at radius 1 is 1.31 bits per heavy atom. The summed E-state index contributed by atoms with van der Waals surface area (Å²) in [6.07, 6.45) is 4.27. The monoisotopic (exact) mass is 185 g/mol. The van der Waals surface area contributed by atoms with E-state index in [-0.39, 0.29) is 6.03 Å². The zero-order valence-corrected chi connectivity index (χ0v) is 8.09. The van der Waals surface area contributed by atoms with Gasteiger partial charge in [0, 0.05) is 19.6 Å². The van der Waals surface area contributed by atoms with Gasteiger partial charge in [-0.15, -0.1) is 0 Å².